The highest BCUT2D eigenvalue weighted by atomic mass is 16.5. The van der Waals surface area contributed by atoms with Crippen molar-refractivity contribution in [2.24, 2.45) is 0 Å². The van der Waals surface area contributed by atoms with E-state index in [4.69, 9.17) is 4.52 Å². The molecule has 1 aliphatic rings. The number of benzene rings is 2. The summed E-state index contributed by atoms with van der Waals surface area (Å²) >= 11 is 0. The summed E-state index contributed by atoms with van der Waals surface area (Å²) < 4.78 is 5.77. The quantitative estimate of drug-likeness (QED) is 0.511. The monoisotopic (exact) mass is 370 g/mol. The lowest BCUT2D eigenvalue weighted by atomic mass is 9.84. The second-order valence-corrected chi connectivity index (χ2v) is 7.31. The fourth-order valence-electron chi connectivity index (χ4n) is 4.16. The largest absolute Gasteiger partial charge is 0.356 e. The van der Waals surface area contributed by atoms with Crippen molar-refractivity contribution in [3.63, 3.8) is 0 Å². The average Bonchev–Trinajstić information content (AvgIpc) is 3.23. The second kappa shape index (κ2) is 8.41. The first-order chi connectivity index (χ1) is 13.8. The molecule has 3 nitrogen and oxygen atoms in total. The molecular weight excluding hydrogens is 344 g/mol. The van der Waals surface area contributed by atoms with Gasteiger partial charge in [-0.2, -0.15) is 0 Å². The van der Waals surface area contributed by atoms with Crippen molar-refractivity contribution in [3.8, 4) is 22.6 Å². The standard InChI is InChI=1S/C25H26N2O/c1-3-15-27(16-4-2)21-14-13-19-11-8-12-22(23(19)17-21)25-18-24(26-28-25)20-9-6-5-7-10-20/h3-12,18,21H,1-2,13-17H2. The summed E-state index contributed by atoms with van der Waals surface area (Å²) in [6.45, 7) is 9.61. The second-order valence-electron chi connectivity index (χ2n) is 7.31. The van der Waals surface area contributed by atoms with E-state index in [1.165, 1.54) is 11.1 Å². The van der Waals surface area contributed by atoms with Crippen LogP contribution in [0.1, 0.15) is 17.5 Å². The Balaban J connectivity index is 1.65. The van der Waals surface area contributed by atoms with Crippen molar-refractivity contribution >= 4 is 0 Å². The molecule has 0 aliphatic heterocycles. The van der Waals surface area contributed by atoms with Crippen LogP contribution in [0.4, 0.5) is 0 Å². The molecule has 2 aromatic carbocycles. The van der Waals surface area contributed by atoms with E-state index in [0.29, 0.717) is 6.04 Å². The third kappa shape index (κ3) is 3.71. The molecule has 142 valence electrons. The van der Waals surface area contributed by atoms with Gasteiger partial charge in [0.1, 0.15) is 5.69 Å². The van der Waals surface area contributed by atoms with E-state index >= 15 is 0 Å². The van der Waals surface area contributed by atoms with Crippen molar-refractivity contribution in [2.45, 2.75) is 25.3 Å². The highest BCUT2D eigenvalue weighted by Gasteiger charge is 2.26. The average molecular weight is 370 g/mol. The minimum absolute atomic E-state index is 0.487. The van der Waals surface area contributed by atoms with Gasteiger partial charge in [0.05, 0.1) is 0 Å². The molecule has 28 heavy (non-hydrogen) atoms. The van der Waals surface area contributed by atoms with Crippen LogP contribution in [0.5, 0.6) is 0 Å². The third-order valence-electron chi connectivity index (χ3n) is 5.55. The van der Waals surface area contributed by atoms with Crippen LogP contribution in [-0.2, 0) is 12.8 Å². The molecule has 0 spiro atoms. The Morgan fingerprint density at radius 2 is 1.82 bits per heavy atom. The van der Waals surface area contributed by atoms with Crippen molar-refractivity contribution < 1.29 is 4.52 Å². The zero-order valence-corrected chi connectivity index (χ0v) is 16.2. The summed E-state index contributed by atoms with van der Waals surface area (Å²) in [5.41, 5.74) is 5.91. The van der Waals surface area contributed by atoms with Crippen LogP contribution in [0.3, 0.4) is 0 Å². The molecule has 1 unspecified atom stereocenters. The van der Waals surface area contributed by atoms with Gasteiger partial charge in [-0.3, -0.25) is 4.90 Å². The van der Waals surface area contributed by atoms with Gasteiger partial charge >= 0.3 is 0 Å². The van der Waals surface area contributed by atoms with Gasteiger partial charge in [0.15, 0.2) is 5.76 Å². The van der Waals surface area contributed by atoms with E-state index in [-0.39, 0.29) is 0 Å². The van der Waals surface area contributed by atoms with Crippen LogP contribution in [0.25, 0.3) is 22.6 Å². The molecule has 1 aliphatic carbocycles. The summed E-state index contributed by atoms with van der Waals surface area (Å²) in [6.07, 6.45) is 7.21. The van der Waals surface area contributed by atoms with Gasteiger partial charge in [0.25, 0.3) is 0 Å². The lowest BCUT2D eigenvalue weighted by Crippen LogP contribution is -2.39. The summed E-state index contributed by atoms with van der Waals surface area (Å²) in [4.78, 5) is 2.45. The fraction of sp³-hybridized carbons (Fsp3) is 0.240. The molecule has 0 saturated heterocycles. The molecular formula is C25H26N2O. The minimum atomic E-state index is 0.487. The normalized spacial score (nSPS) is 16.0. The smallest absolute Gasteiger partial charge is 0.167 e. The SMILES string of the molecule is C=CCN(CC=C)C1CCc2cccc(-c3cc(-c4ccccc4)no3)c2C1. The lowest BCUT2D eigenvalue weighted by molar-refractivity contribution is 0.220. The number of hydrogen-bond donors (Lipinski definition) is 0. The van der Waals surface area contributed by atoms with Crippen molar-refractivity contribution in [1.29, 1.82) is 0 Å². The molecule has 3 heteroatoms. The first-order valence-electron chi connectivity index (χ1n) is 9.89. The maximum atomic E-state index is 5.77. The van der Waals surface area contributed by atoms with Crippen LogP contribution in [0.2, 0.25) is 0 Å². The van der Waals surface area contributed by atoms with E-state index in [1.54, 1.807) is 0 Å². The summed E-state index contributed by atoms with van der Waals surface area (Å²) in [7, 11) is 0. The molecule has 3 aromatic rings. The van der Waals surface area contributed by atoms with Gasteiger partial charge in [0, 0.05) is 36.3 Å². The van der Waals surface area contributed by atoms with Crippen molar-refractivity contribution in [1.82, 2.24) is 10.1 Å². The summed E-state index contributed by atoms with van der Waals surface area (Å²) in [5, 5.41) is 4.31. The summed E-state index contributed by atoms with van der Waals surface area (Å²) in [6, 6.07) is 19.2. The highest BCUT2D eigenvalue weighted by molar-refractivity contribution is 5.70. The maximum Gasteiger partial charge on any atom is 0.167 e. The fourth-order valence-corrected chi connectivity index (χ4v) is 4.16. The van der Waals surface area contributed by atoms with Gasteiger partial charge in [-0.1, -0.05) is 65.8 Å². The van der Waals surface area contributed by atoms with Crippen LogP contribution in [0, 0.1) is 0 Å². The molecule has 0 N–H and O–H groups in total. The molecule has 1 heterocycles. The number of aryl methyl sites for hydroxylation is 1. The van der Waals surface area contributed by atoms with Gasteiger partial charge in [-0.15, -0.1) is 13.2 Å². The zero-order chi connectivity index (χ0) is 19.3. The van der Waals surface area contributed by atoms with Crippen LogP contribution < -0.4 is 0 Å². The number of hydrogen-bond acceptors (Lipinski definition) is 3. The topological polar surface area (TPSA) is 29.3 Å². The molecule has 0 bridgehead atoms. The van der Waals surface area contributed by atoms with Gasteiger partial charge in [-0.25, -0.2) is 0 Å². The van der Waals surface area contributed by atoms with Crippen LogP contribution in [0.15, 0.2) is 84.4 Å². The molecule has 0 saturated carbocycles. The first-order valence-corrected chi connectivity index (χ1v) is 9.89. The lowest BCUT2D eigenvalue weighted by Gasteiger charge is -2.34. The molecule has 0 amide bonds. The van der Waals surface area contributed by atoms with Crippen LogP contribution in [-0.4, -0.2) is 29.2 Å². The van der Waals surface area contributed by atoms with Crippen LogP contribution >= 0.6 is 0 Å². The van der Waals surface area contributed by atoms with E-state index in [2.05, 4.69) is 59.6 Å². The van der Waals surface area contributed by atoms with Gasteiger partial charge in [-0.05, 0) is 30.4 Å². The number of fused-ring (bicyclic) bond motifs is 1. The Kier molecular flexibility index (Phi) is 5.54. The molecule has 1 atom stereocenters. The Morgan fingerprint density at radius 3 is 2.57 bits per heavy atom. The van der Waals surface area contributed by atoms with Crippen molar-refractivity contribution in [2.75, 3.05) is 13.1 Å². The highest BCUT2D eigenvalue weighted by Crippen LogP contribution is 2.34. The van der Waals surface area contributed by atoms with Crippen molar-refractivity contribution in [3.05, 3.63) is 91.0 Å². The predicted octanol–water partition coefficient (Wildman–Crippen LogP) is 5.54. The summed E-state index contributed by atoms with van der Waals surface area (Å²) in [5.74, 6) is 0.843. The minimum Gasteiger partial charge on any atom is -0.356 e. The zero-order valence-electron chi connectivity index (χ0n) is 16.2. The molecule has 1 aromatic heterocycles. The predicted molar refractivity (Wildman–Crippen MR) is 115 cm³/mol. The van der Waals surface area contributed by atoms with Gasteiger partial charge in [0.2, 0.25) is 0 Å². The Hall–Kier alpha value is -2.91. The van der Waals surface area contributed by atoms with E-state index in [9.17, 15) is 0 Å². The first kappa shape index (κ1) is 18.5. The Labute approximate surface area is 167 Å². The molecule has 0 radical (unpaired) electrons. The number of nitrogens with zero attached hydrogens (tertiary/aromatic N) is 2. The number of rotatable bonds is 7. The Bertz CT molecular complexity index is 948. The van der Waals surface area contributed by atoms with E-state index < -0.39 is 0 Å². The molecule has 0 fully saturated rings. The van der Waals surface area contributed by atoms with E-state index in [1.807, 2.05) is 30.4 Å². The van der Waals surface area contributed by atoms with E-state index in [0.717, 1.165) is 54.9 Å². The third-order valence-corrected chi connectivity index (χ3v) is 5.55. The maximum absolute atomic E-state index is 5.77. The molecule has 4 rings (SSSR count). The number of aromatic nitrogens is 1. The Morgan fingerprint density at radius 1 is 1.04 bits per heavy atom. The van der Waals surface area contributed by atoms with Gasteiger partial charge < -0.3 is 4.52 Å².